The van der Waals surface area contributed by atoms with E-state index in [1.54, 1.807) is 13.0 Å². The molecule has 0 spiro atoms. The molecule has 0 aliphatic rings. The second kappa shape index (κ2) is 6.13. The molecule has 1 aromatic heterocycles. The Bertz CT molecular complexity index is 927. The van der Waals surface area contributed by atoms with E-state index < -0.39 is 4.92 Å². The number of benzene rings is 2. The van der Waals surface area contributed by atoms with Crippen LogP contribution in [-0.2, 0) is 0 Å². The Morgan fingerprint density at radius 1 is 1.09 bits per heavy atom. The Labute approximate surface area is 135 Å². The summed E-state index contributed by atoms with van der Waals surface area (Å²) in [5.74, 6) is 0. The van der Waals surface area contributed by atoms with Crippen molar-refractivity contribution in [2.24, 2.45) is 0 Å². The third kappa shape index (κ3) is 3.19. The van der Waals surface area contributed by atoms with Gasteiger partial charge in [-0.2, -0.15) is 0 Å². The van der Waals surface area contributed by atoms with Gasteiger partial charge in [0.25, 0.3) is 5.69 Å². The highest BCUT2D eigenvalue weighted by molar-refractivity contribution is 8.14. The lowest BCUT2D eigenvalue weighted by Crippen LogP contribution is -1.99. The quantitative estimate of drug-likeness (QED) is 0.414. The number of aromatic nitrogens is 2. The number of fused-ring (bicyclic) bond motifs is 1. The van der Waals surface area contributed by atoms with Crippen molar-refractivity contribution in [3.63, 3.8) is 0 Å². The Balaban J connectivity index is 1.92. The minimum Gasteiger partial charge on any atom is -0.281 e. The van der Waals surface area contributed by atoms with E-state index in [-0.39, 0.29) is 16.4 Å². The molecule has 0 unspecified atom stereocenters. The molecule has 0 fully saturated rings. The topological polar surface area (TPSA) is 86.0 Å². The van der Waals surface area contributed by atoms with Crippen LogP contribution in [0.2, 0.25) is 0 Å². The van der Waals surface area contributed by atoms with Crippen molar-refractivity contribution in [3.8, 4) is 0 Å². The Kier molecular flexibility index (Phi) is 4.03. The van der Waals surface area contributed by atoms with Crippen LogP contribution in [0.25, 0.3) is 11.0 Å². The van der Waals surface area contributed by atoms with Gasteiger partial charge < -0.3 is 0 Å². The molecule has 0 saturated carbocycles. The second-order valence-electron chi connectivity index (χ2n) is 4.80. The van der Waals surface area contributed by atoms with Crippen LogP contribution in [0.3, 0.4) is 0 Å². The van der Waals surface area contributed by atoms with Crippen molar-refractivity contribution in [1.82, 2.24) is 9.97 Å². The van der Waals surface area contributed by atoms with Crippen molar-refractivity contribution in [1.29, 1.82) is 0 Å². The van der Waals surface area contributed by atoms with Gasteiger partial charge in [-0.05, 0) is 36.9 Å². The zero-order valence-electron chi connectivity index (χ0n) is 12.1. The first-order valence-corrected chi connectivity index (χ1v) is 7.56. The number of carbonyl (C=O) groups is 1. The number of non-ortho nitro benzene ring substituents is 1. The van der Waals surface area contributed by atoms with E-state index in [0.29, 0.717) is 16.2 Å². The molecule has 23 heavy (non-hydrogen) atoms. The molecule has 0 saturated heterocycles. The summed E-state index contributed by atoms with van der Waals surface area (Å²) in [4.78, 5) is 31.5. The summed E-state index contributed by atoms with van der Waals surface area (Å²) in [5, 5.41) is 11.0. The van der Waals surface area contributed by atoms with Gasteiger partial charge in [-0.3, -0.25) is 14.9 Å². The molecule has 0 radical (unpaired) electrons. The standard InChI is InChI=1S/C16H11N3O3S/c1-10-15(18-14-8-3-2-7-13(14)17-10)23-16(20)11-5-4-6-12(9-11)19(21)22/h2-9H,1H3. The molecule has 0 aliphatic heterocycles. The predicted octanol–water partition coefficient (Wildman–Crippen LogP) is 3.78. The molecule has 2 aromatic carbocycles. The SMILES string of the molecule is Cc1nc2ccccc2nc1SC(=O)c1cccc([N+](=O)[O-])c1. The van der Waals surface area contributed by atoms with Crippen molar-refractivity contribution in [2.45, 2.75) is 11.9 Å². The number of nitro groups is 1. The summed E-state index contributed by atoms with van der Waals surface area (Å²) in [6, 6.07) is 13.1. The average Bonchev–Trinajstić information content (AvgIpc) is 2.55. The first-order chi connectivity index (χ1) is 11.0. The maximum Gasteiger partial charge on any atom is 0.270 e. The van der Waals surface area contributed by atoms with Crippen LogP contribution in [0.4, 0.5) is 5.69 Å². The predicted molar refractivity (Wildman–Crippen MR) is 87.6 cm³/mol. The molecule has 0 bridgehead atoms. The number of rotatable bonds is 3. The molecule has 3 rings (SSSR count). The third-order valence-corrected chi connectivity index (χ3v) is 4.18. The van der Waals surface area contributed by atoms with E-state index in [4.69, 9.17) is 0 Å². The molecule has 0 amide bonds. The van der Waals surface area contributed by atoms with Crippen LogP contribution in [0.15, 0.2) is 53.6 Å². The summed E-state index contributed by atoms with van der Waals surface area (Å²) in [5.41, 5.74) is 2.26. The van der Waals surface area contributed by atoms with E-state index in [1.165, 1.54) is 18.2 Å². The number of hydrogen-bond acceptors (Lipinski definition) is 6. The van der Waals surface area contributed by atoms with Gasteiger partial charge in [0.2, 0.25) is 5.12 Å². The first-order valence-electron chi connectivity index (χ1n) is 6.74. The van der Waals surface area contributed by atoms with Gasteiger partial charge in [0.15, 0.2) is 0 Å². The van der Waals surface area contributed by atoms with E-state index in [1.807, 2.05) is 24.3 Å². The monoisotopic (exact) mass is 325 g/mol. The van der Waals surface area contributed by atoms with Crippen LogP contribution in [0.5, 0.6) is 0 Å². The lowest BCUT2D eigenvalue weighted by molar-refractivity contribution is -0.384. The normalized spacial score (nSPS) is 10.7. The number of nitro benzene ring substituents is 1. The zero-order valence-corrected chi connectivity index (χ0v) is 12.9. The molecule has 0 atom stereocenters. The summed E-state index contributed by atoms with van der Waals surface area (Å²) < 4.78 is 0. The van der Waals surface area contributed by atoms with E-state index in [2.05, 4.69) is 9.97 Å². The lowest BCUT2D eigenvalue weighted by Gasteiger charge is -2.05. The molecular weight excluding hydrogens is 314 g/mol. The van der Waals surface area contributed by atoms with Gasteiger partial charge in [0, 0.05) is 17.7 Å². The maximum atomic E-state index is 12.3. The first kappa shape index (κ1) is 15.1. The van der Waals surface area contributed by atoms with Crippen molar-refractivity contribution >= 4 is 33.6 Å². The smallest absolute Gasteiger partial charge is 0.270 e. The molecule has 6 nitrogen and oxygen atoms in total. The van der Waals surface area contributed by atoms with E-state index in [9.17, 15) is 14.9 Å². The largest absolute Gasteiger partial charge is 0.281 e. The van der Waals surface area contributed by atoms with Crippen molar-refractivity contribution in [2.75, 3.05) is 0 Å². The maximum absolute atomic E-state index is 12.3. The van der Waals surface area contributed by atoms with E-state index >= 15 is 0 Å². The highest BCUT2D eigenvalue weighted by Gasteiger charge is 2.15. The van der Waals surface area contributed by atoms with Crippen LogP contribution in [0, 0.1) is 17.0 Å². The number of hydrogen-bond donors (Lipinski definition) is 0. The molecule has 0 aliphatic carbocycles. The minimum atomic E-state index is -0.525. The van der Waals surface area contributed by atoms with Gasteiger partial charge in [-0.25, -0.2) is 9.97 Å². The Morgan fingerprint density at radius 3 is 2.48 bits per heavy atom. The number of para-hydroxylation sites is 2. The summed E-state index contributed by atoms with van der Waals surface area (Å²) in [6.45, 7) is 1.78. The molecule has 7 heteroatoms. The minimum absolute atomic E-state index is 0.113. The fraction of sp³-hybridized carbons (Fsp3) is 0.0625. The third-order valence-electron chi connectivity index (χ3n) is 3.18. The highest BCUT2D eigenvalue weighted by Crippen LogP contribution is 2.26. The van der Waals surface area contributed by atoms with Crippen molar-refractivity contribution in [3.05, 3.63) is 69.9 Å². The fourth-order valence-corrected chi connectivity index (χ4v) is 2.82. The second-order valence-corrected chi connectivity index (χ2v) is 5.76. The molecule has 3 aromatic rings. The highest BCUT2D eigenvalue weighted by atomic mass is 32.2. The summed E-state index contributed by atoms with van der Waals surface area (Å²) in [7, 11) is 0. The Hall–Kier alpha value is -2.80. The molecule has 0 N–H and O–H groups in total. The van der Waals surface area contributed by atoms with Crippen molar-refractivity contribution < 1.29 is 9.72 Å². The number of carbonyl (C=O) groups excluding carboxylic acids is 1. The number of nitrogens with zero attached hydrogens (tertiary/aromatic N) is 3. The van der Waals surface area contributed by atoms with E-state index in [0.717, 1.165) is 17.3 Å². The van der Waals surface area contributed by atoms with Gasteiger partial charge in [-0.15, -0.1) is 0 Å². The van der Waals surface area contributed by atoms with Crippen LogP contribution in [0.1, 0.15) is 16.1 Å². The summed E-state index contributed by atoms with van der Waals surface area (Å²) in [6.07, 6.45) is 0. The molecule has 114 valence electrons. The van der Waals surface area contributed by atoms with Gasteiger partial charge in [0.05, 0.1) is 21.7 Å². The van der Waals surface area contributed by atoms with Crippen LogP contribution < -0.4 is 0 Å². The number of aryl methyl sites for hydroxylation is 1. The van der Waals surface area contributed by atoms with Crippen LogP contribution >= 0.6 is 11.8 Å². The number of thioether (sulfide) groups is 1. The van der Waals surface area contributed by atoms with Gasteiger partial charge >= 0.3 is 0 Å². The zero-order chi connectivity index (χ0) is 16.4. The van der Waals surface area contributed by atoms with Crippen LogP contribution in [-0.4, -0.2) is 20.0 Å². The lowest BCUT2D eigenvalue weighted by atomic mass is 10.2. The van der Waals surface area contributed by atoms with Gasteiger partial charge in [0.1, 0.15) is 5.03 Å². The fourth-order valence-electron chi connectivity index (χ4n) is 2.06. The van der Waals surface area contributed by atoms with Gasteiger partial charge in [-0.1, -0.05) is 18.2 Å². The Morgan fingerprint density at radius 2 is 1.78 bits per heavy atom. The summed E-state index contributed by atoms with van der Waals surface area (Å²) >= 11 is 0.923. The molecular formula is C16H11N3O3S. The average molecular weight is 325 g/mol. The molecule has 1 heterocycles.